The van der Waals surface area contributed by atoms with Crippen molar-refractivity contribution in [1.29, 1.82) is 0 Å². The van der Waals surface area contributed by atoms with Crippen molar-refractivity contribution in [1.82, 2.24) is 9.97 Å². The first-order valence-electron chi connectivity index (χ1n) is 6.36. The Hall–Kier alpha value is -1.53. The molecule has 1 aromatic heterocycles. The molecule has 21 heavy (non-hydrogen) atoms. The van der Waals surface area contributed by atoms with Crippen LogP contribution in [0.25, 0.3) is 0 Å². The highest BCUT2D eigenvalue weighted by atomic mass is 35.5. The van der Waals surface area contributed by atoms with Crippen LogP contribution in [0.1, 0.15) is 18.2 Å². The fourth-order valence-corrected chi connectivity index (χ4v) is 2.80. The molecule has 1 aromatic carbocycles. The molecule has 1 heterocycles. The van der Waals surface area contributed by atoms with Crippen molar-refractivity contribution < 1.29 is 8.60 Å². The minimum absolute atomic E-state index is 0.118. The summed E-state index contributed by atoms with van der Waals surface area (Å²) in [6, 6.07) is 5.15. The maximum atomic E-state index is 14.1. The first kappa shape index (κ1) is 15.9. The third-order valence-corrected chi connectivity index (χ3v) is 3.95. The van der Waals surface area contributed by atoms with Crippen LogP contribution in [-0.4, -0.2) is 20.4 Å². The van der Waals surface area contributed by atoms with E-state index in [0.29, 0.717) is 28.6 Å². The van der Waals surface area contributed by atoms with Gasteiger partial charge in [0.25, 0.3) is 0 Å². The molecule has 1 atom stereocenters. The van der Waals surface area contributed by atoms with Gasteiger partial charge in [-0.05, 0) is 30.2 Å². The molecule has 0 spiro atoms. The largest absolute Gasteiger partial charge is 0.338 e. The Labute approximate surface area is 130 Å². The van der Waals surface area contributed by atoms with Gasteiger partial charge in [-0.15, -0.1) is 0 Å². The third kappa shape index (κ3) is 3.98. The maximum Gasteiger partial charge on any atom is 0.187 e. The highest BCUT2D eigenvalue weighted by Crippen LogP contribution is 2.25. The van der Waals surface area contributed by atoms with Crippen LogP contribution in [0.4, 0.5) is 15.9 Å². The quantitative estimate of drug-likeness (QED) is 0.913. The molecule has 7 heteroatoms. The van der Waals surface area contributed by atoms with E-state index in [-0.39, 0.29) is 5.82 Å². The SMILES string of the molecule is CCc1ncnc(Nc2ccc(Cl)c(C[S@@](C)=O)c2)c1F. The van der Waals surface area contributed by atoms with Gasteiger partial charge in [-0.2, -0.15) is 0 Å². The molecule has 0 aliphatic carbocycles. The van der Waals surface area contributed by atoms with Crippen molar-refractivity contribution in [3.8, 4) is 0 Å². The molecule has 1 N–H and O–H groups in total. The van der Waals surface area contributed by atoms with Gasteiger partial charge in [0.05, 0.1) is 5.69 Å². The number of nitrogens with zero attached hydrogens (tertiary/aromatic N) is 2. The number of nitrogens with one attached hydrogen (secondary N) is 1. The predicted octanol–water partition coefficient (Wildman–Crippen LogP) is 3.45. The van der Waals surface area contributed by atoms with E-state index in [1.165, 1.54) is 6.33 Å². The van der Waals surface area contributed by atoms with Crippen molar-refractivity contribution >= 4 is 33.9 Å². The Kier molecular flexibility index (Phi) is 5.25. The second kappa shape index (κ2) is 6.95. The van der Waals surface area contributed by atoms with Gasteiger partial charge in [0.15, 0.2) is 11.6 Å². The Morgan fingerprint density at radius 1 is 1.38 bits per heavy atom. The number of aryl methyl sites for hydroxylation is 1. The van der Waals surface area contributed by atoms with Crippen LogP contribution in [0.5, 0.6) is 0 Å². The molecule has 0 fully saturated rings. The van der Waals surface area contributed by atoms with E-state index in [1.807, 2.05) is 6.92 Å². The molecular weight excluding hydrogens is 313 g/mol. The normalized spacial score (nSPS) is 12.2. The Morgan fingerprint density at radius 2 is 2.14 bits per heavy atom. The zero-order valence-corrected chi connectivity index (χ0v) is 13.3. The van der Waals surface area contributed by atoms with Gasteiger partial charge >= 0.3 is 0 Å². The molecule has 0 aliphatic heterocycles. The van der Waals surface area contributed by atoms with Gasteiger partial charge in [-0.25, -0.2) is 14.4 Å². The highest BCUT2D eigenvalue weighted by molar-refractivity contribution is 7.83. The van der Waals surface area contributed by atoms with Gasteiger partial charge < -0.3 is 5.32 Å². The molecule has 0 amide bonds. The summed E-state index contributed by atoms with van der Waals surface area (Å²) < 4.78 is 25.4. The zero-order chi connectivity index (χ0) is 15.4. The monoisotopic (exact) mass is 327 g/mol. The second-order valence-corrected chi connectivity index (χ2v) is 6.33. The van der Waals surface area contributed by atoms with Crippen molar-refractivity contribution in [2.45, 2.75) is 19.1 Å². The summed E-state index contributed by atoms with van der Waals surface area (Å²) in [6.07, 6.45) is 3.42. The summed E-state index contributed by atoms with van der Waals surface area (Å²) in [4.78, 5) is 7.79. The number of hydrogen-bond acceptors (Lipinski definition) is 4. The molecule has 112 valence electrons. The lowest BCUT2D eigenvalue weighted by Crippen LogP contribution is -2.03. The average molecular weight is 328 g/mol. The number of hydrogen-bond donors (Lipinski definition) is 1. The third-order valence-electron chi connectivity index (χ3n) is 2.86. The Morgan fingerprint density at radius 3 is 2.81 bits per heavy atom. The van der Waals surface area contributed by atoms with Crippen LogP contribution in [0.15, 0.2) is 24.5 Å². The summed E-state index contributed by atoms with van der Waals surface area (Å²) >= 11 is 6.06. The lowest BCUT2D eigenvalue weighted by Gasteiger charge is -2.10. The molecule has 2 aromatic rings. The van der Waals surface area contributed by atoms with E-state index in [1.54, 1.807) is 24.5 Å². The van der Waals surface area contributed by atoms with Crippen LogP contribution < -0.4 is 5.32 Å². The summed E-state index contributed by atoms with van der Waals surface area (Å²) in [6.45, 7) is 1.83. The summed E-state index contributed by atoms with van der Waals surface area (Å²) in [5, 5.41) is 3.44. The number of anilines is 2. The van der Waals surface area contributed by atoms with Gasteiger partial charge in [-0.1, -0.05) is 18.5 Å². The molecule has 4 nitrogen and oxygen atoms in total. The average Bonchev–Trinajstić information content (AvgIpc) is 2.44. The van der Waals surface area contributed by atoms with Crippen molar-refractivity contribution in [3.63, 3.8) is 0 Å². The molecule has 0 unspecified atom stereocenters. The smallest absolute Gasteiger partial charge is 0.187 e. The number of aromatic nitrogens is 2. The molecular formula is C14H15ClFN3OS. The van der Waals surface area contributed by atoms with Gasteiger partial charge in [0, 0.05) is 33.5 Å². The number of halogens is 2. The predicted molar refractivity (Wildman–Crippen MR) is 83.9 cm³/mol. The van der Waals surface area contributed by atoms with E-state index in [2.05, 4.69) is 15.3 Å². The fraction of sp³-hybridized carbons (Fsp3) is 0.286. The Bertz CT molecular complexity index is 681. The molecule has 0 saturated carbocycles. The maximum absolute atomic E-state index is 14.1. The van der Waals surface area contributed by atoms with Crippen LogP contribution in [-0.2, 0) is 23.0 Å². The van der Waals surface area contributed by atoms with Crippen molar-refractivity contribution in [2.24, 2.45) is 0 Å². The van der Waals surface area contributed by atoms with Crippen LogP contribution in [0.2, 0.25) is 5.02 Å². The lowest BCUT2D eigenvalue weighted by atomic mass is 10.2. The minimum atomic E-state index is -1.00. The van der Waals surface area contributed by atoms with E-state index >= 15 is 0 Å². The van der Waals surface area contributed by atoms with Crippen LogP contribution >= 0.6 is 11.6 Å². The first-order chi connectivity index (χ1) is 10.0. The second-order valence-electron chi connectivity index (χ2n) is 4.49. The van der Waals surface area contributed by atoms with E-state index < -0.39 is 16.6 Å². The summed E-state index contributed by atoms with van der Waals surface area (Å²) in [7, 11) is -1.00. The topological polar surface area (TPSA) is 54.9 Å². The lowest BCUT2D eigenvalue weighted by molar-refractivity contribution is 0.599. The Balaban J connectivity index is 2.30. The first-order valence-corrected chi connectivity index (χ1v) is 8.46. The number of rotatable bonds is 5. The van der Waals surface area contributed by atoms with Gasteiger partial charge in [-0.3, -0.25) is 4.21 Å². The molecule has 0 saturated heterocycles. The molecule has 0 radical (unpaired) electrons. The van der Waals surface area contributed by atoms with E-state index in [9.17, 15) is 8.60 Å². The minimum Gasteiger partial charge on any atom is -0.338 e. The highest BCUT2D eigenvalue weighted by Gasteiger charge is 2.11. The molecule has 2 rings (SSSR count). The summed E-state index contributed by atoms with van der Waals surface area (Å²) in [5.41, 5.74) is 1.74. The van der Waals surface area contributed by atoms with E-state index in [0.717, 1.165) is 5.56 Å². The van der Waals surface area contributed by atoms with Crippen molar-refractivity contribution in [2.75, 3.05) is 11.6 Å². The number of benzene rings is 1. The summed E-state index contributed by atoms with van der Waals surface area (Å²) in [5.74, 6) is 0.00388. The fourth-order valence-electron chi connectivity index (χ4n) is 1.86. The zero-order valence-electron chi connectivity index (χ0n) is 11.7. The standard InChI is InChI=1S/C14H15ClFN3OS/c1-3-12-13(16)14(18-8-17-12)19-10-4-5-11(15)9(6-10)7-21(2)20/h4-6,8H,3,7H2,1-2H3,(H,17,18,19)/t21-/m1/s1. The van der Waals surface area contributed by atoms with Crippen molar-refractivity contribution in [3.05, 3.63) is 46.6 Å². The van der Waals surface area contributed by atoms with Crippen LogP contribution in [0.3, 0.4) is 0 Å². The van der Waals surface area contributed by atoms with Crippen LogP contribution in [0, 0.1) is 5.82 Å². The molecule has 0 bridgehead atoms. The van der Waals surface area contributed by atoms with Gasteiger partial charge in [0.1, 0.15) is 6.33 Å². The molecule has 0 aliphatic rings. The van der Waals surface area contributed by atoms with Gasteiger partial charge in [0.2, 0.25) is 0 Å². The van der Waals surface area contributed by atoms with E-state index in [4.69, 9.17) is 11.6 Å².